The van der Waals surface area contributed by atoms with Gasteiger partial charge in [-0.1, -0.05) is 19.0 Å². The van der Waals surface area contributed by atoms with Crippen molar-refractivity contribution in [3.8, 4) is 0 Å². The number of hydrogen-bond donors (Lipinski definition) is 1. The monoisotopic (exact) mass is 279 g/mol. The number of methoxy groups -OCH3 is 1. The largest absolute Gasteiger partial charge is 0.370 e. The number of nitrogens with two attached hydrogens (primary N) is 1. The predicted octanol–water partition coefficient (Wildman–Crippen LogP) is 2.92. The van der Waals surface area contributed by atoms with Crippen LogP contribution in [0.5, 0.6) is 0 Å². The topological polar surface area (TPSA) is 74.2 Å². The molecular weight excluding hydrogens is 254 g/mol. The highest BCUT2D eigenvalue weighted by molar-refractivity contribution is 5.07. The van der Waals surface area contributed by atoms with Crippen molar-refractivity contribution in [3.05, 3.63) is 11.7 Å². The van der Waals surface area contributed by atoms with Crippen molar-refractivity contribution >= 4 is 0 Å². The van der Waals surface area contributed by atoms with Gasteiger partial charge >= 0.3 is 0 Å². The Morgan fingerprint density at radius 1 is 1.25 bits per heavy atom. The maximum atomic E-state index is 6.13. The van der Waals surface area contributed by atoms with Crippen LogP contribution in [-0.4, -0.2) is 17.3 Å². The molecule has 0 bridgehead atoms. The van der Waals surface area contributed by atoms with E-state index in [2.05, 4.69) is 24.0 Å². The molecular formula is C15H25N3O2. The van der Waals surface area contributed by atoms with Crippen LogP contribution in [-0.2, 0) is 10.3 Å². The summed E-state index contributed by atoms with van der Waals surface area (Å²) in [6.45, 7) is 4.61. The molecule has 112 valence electrons. The van der Waals surface area contributed by atoms with Gasteiger partial charge in [0.05, 0.1) is 6.04 Å². The lowest BCUT2D eigenvalue weighted by Crippen LogP contribution is -2.37. The van der Waals surface area contributed by atoms with Crippen LogP contribution in [0.4, 0.5) is 0 Å². The maximum absolute atomic E-state index is 6.13. The van der Waals surface area contributed by atoms with Crippen LogP contribution in [0.25, 0.3) is 0 Å². The lowest BCUT2D eigenvalue weighted by molar-refractivity contribution is -0.0740. The summed E-state index contributed by atoms with van der Waals surface area (Å²) in [5, 5.41) is 4.17. The van der Waals surface area contributed by atoms with Gasteiger partial charge in [0, 0.05) is 7.11 Å². The normalized spacial score (nSPS) is 26.4. The zero-order chi connectivity index (χ0) is 14.4. The second-order valence-electron chi connectivity index (χ2n) is 7.18. The second kappa shape index (κ2) is 4.81. The van der Waals surface area contributed by atoms with Crippen LogP contribution in [0.1, 0.15) is 70.1 Å². The molecule has 3 rings (SSSR count). The lowest BCUT2D eigenvalue weighted by atomic mass is 9.70. The van der Waals surface area contributed by atoms with E-state index in [1.807, 2.05) is 0 Å². The van der Waals surface area contributed by atoms with Crippen molar-refractivity contribution in [2.45, 2.75) is 64.0 Å². The van der Waals surface area contributed by atoms with E-state index >= 15 is 0 Å². The minimum atomic E-state index is -0.388. The Morgan fingerprint density at radius 3 is 2.45 bits per heavy atom. The molecule has 1 atom stereocenters. The van der Waals surface area contributed by atoms with Crippen molar-refractivity contribution in [1.82, 2.24) is 10.1 Å². The number of rotatable bonds is 4. The third-order valence-corrected chi connectivity index (χ3v) is 5.07. The summed E-state index contributed by atoms with van der Waals surface area (Å²) in [5.74, 6) is 1.78. The fourth-order valence-corrected chi connectivity index (χ4v) is 3.06. The molecule has 20 heavy (non-hydrogen) atoms. The second-order valence-corrected chi connectivity index (χ2v) is 7.18. The third kappa shape index (κ3) is 2.49. The van der Waals surface area contributed by atoms with Crippen molar-refractivity contribution < 1.29 is 9.26 Å². The first-order valence-corrected chi connectivity index (χ1v) is 7.61. The molecule has 0 aromatic carbocycles. The standard InChI is InChI=1S/C15H25N3O2/c1-14(2)6-8-15(19-3,9-7-14)13-17-12(20-18-13)11(16)10-4-5-10/h10-11H,4-9,16H2,1-3H3. The highest BCUT2D eigenvalue weighted by atomic mass is 16.5. The Hall–Kier alpha value is -0.940. The minimum Gasteiger partial charge on any atom is -0.370 e. The Balaban J connectivity index is 1.79. The first kappa shape index (κ1) is 14.0. The molecule has 2 saturated carbocycles. The molecule has 0 spiro atoms. The molecule has 2 fully saturated rings. The van der Waals surface area contributed by atoms with Crippen molar-refractivity contribution in [3.63, 3.8) is 0 Å². The smallest absolute Gasteiger partial charge is 0.243 e. The molecule has 0 radical (unpaired) electrons. The first-order valence-electron chi connectivity index (χ1n) is 7.61. The van der Waals surface area contributed by atoms with Crippen LogP contribution in [0.3, 0.4) is 0 Å². The van der Waals surface area contributed by atoms with Gasteiger partial charge < -0.3 is 15.0 Å². The van der Waals surface area contributed by atoms with Gasteiger partial charge in [-0.3, -0.25) is 0 Å². The van der Waals surface area contributed by atoms with Gasteiger partial charge in [-0.05, 0) is 49.9 Å². The number of hydrogen-bond acceptors (Lipinski definition) is 5. The molecule has 1 aromatic rings. The lowest BCUT2D eigenvalue weighted by Gasteiger charge is -2.40. The molecule has 0 amide bonds. The molecule has 2 N–H and O–H groups in total. The van der Waals surface area contributed by atoms with Crippen LogP contribution in [0, 0.1) is 11.3 Å². The van der Waals surface area contributed by atoms with Gasteiger partial charge in [-0.15, -0.1) is 0 Å². The van der Waals surface area contributed by atoms with Gasteiger partial charge in [0.2, 0.25) is 11.7 Å². The van der Waals surface area contributed by atoms with Crippen molar-refractivity contribution in [1.29, 1.82) is 0 Å². The quantitative estimate of drug-likeness (QED) is 0.917. The molecule has 1 heterocycles. The maximum Gasteiger partial charge on any atom is 0.243 e. The van der Waals surface area contributed by atoms with Crippen LogP contribution in [0.15, 0.2) is 4.52 Å². The zero-order valence-electron chi connectivity index (χ0n) is 12.7. The van der Waals surface area contributed by atoms with Gasteiger partial charge in [-0.2, -0.15) is 4.98 Å². The van der Waals surface area contributed by atoms with Crippen molar-refractivity contribution in [2.75, 3.05) is 7.11 Å². The summed E-state index contributed by atoms with van der Waals surface area (Å²) in [6.07, 6.45) is 6.44. The summed E-state index contributed by atoms with van der Waals surface area (Å²) in [7, 11) is 1.75. The molecule has 1 aromatic heterocycles. The third-order valence-electron chi connectivity index (χ3n) is 5.07. The SMILES string of the molecule is COC1(c2noc(C(N)C3CC3)n2)CCC(C)(C)CC1. The number of aromatic nitrogens is 2. The van der Waals surface area contributed by atoms with Crippen molar-refractivity contribution in [2.24, 2.45) is 17.1 Å². The Bertz CT molecular complexity index is 469. The molecule has 2 aliphatic rings. The Kier molecular flexibility index (Phi) is 3.37. The minimum absolute atomic E-state index is 0.106. The molecule has 5 nitrogen and oxygen atoms in total. The summed E-state index contributed by atoms with van der Waals surface area (Å²) in [5.41, 5.74) is 6.12. The average molecular weight is 279 g/mol. The Labute approximate surface area is 120 Å². The van der Waals surface area contributed by atoms with E-state index in [0.29, 0.717) is 23.0 Å². The predicted molar refractivity (Wildman–Crippen MR) is 74.9 cm³/mol. The summed E-state index contributed by atoms with van der Waals surface area (Å²) < 4.78 is 11.2. The summed E-state index contributed by atoms with van der Waals surface area (Å²) >= 11 is 0. The molecule has 0 aliphatic heterocycles. The van der Waals surface area contributed by atoms with E-state index < -0.39 is 0 Å². The fraction of sp³-hybridized carbons (Fsp3) is 0.867. The highest BCUT2D eigenvalue weighted by Gasteiger charge is 2.44. The van der Waals surface area contributed by atoms with Crippen LogP contribution >= 0.6 is 0 Å². The number of ether oxygens (including phenoxy) is 1. The van der Waals surface area contributed by atoms with E-state index in [4.69, 9.17) is 15.0 Å². The van der Waals surface area contributed by atoms with Gasteiger partial charge in [0.1, 0.15) is 5.60 Å². The summed E-state index contributed by atoms with van der Waals surface area (Å²) in [6, 6.07) is -0.106. The van der Waals surface area contributed by atoms with Crippen LogP contribution in [0.2, 0.25) is 0 Å². The number of nitrogens with zero attached hydrogens (tertiary/aromatic N) is 2. The van der Waals surface area contributed by atoms with E-state index in [1.54, 1.807) is 7.11 Å². The van der Waals surface area contributed by atoms with E-state index in [-0.39, 0.29) is 11.6 Å². The molecule has 5 heteroatoms. The van der Waals surface area contributed by atoms with Gasteiger partial charge in [-0.25, -0.2) is 0 Å². The van der Waals surface area contributed by atoms with E-state index in [0.717, 1.165) is 25.7 Å². The fourth-order valence-electron chi connectivity index (χ4n) is 3.06. The molecule has 2 aliphatic carbocycles. The van der Waals surface area contributed by atoms with Gasteiger partial charge in [0.15, 0.2) is 0 Å². The van der Waals surface area contributed by atoms with Gasteiger partial charge in [0.25, 0.3) is 0 Å². The molecule has 0 saturated heterocycles. The first-order chi connectivity index (χ1) is 9.46. The highest BCUT2D eigenvalue weighted by Crippen LogP contribution is 2.46. The Morgan fingerprint density at radius 2 is 1.90 bits per heavy atom. The molecule has 1 unspecified atom stereocenters. The van der Waals surface area contributed by atoms with E-state index in [1.165, 1.54) is 12.8 Å². The average Bonchev–Trinajstić information content (AvgIpc) is 3.16. The van der Waals surface area contributed by atoms with Crippen LogP contribution < -0.4 is 5.73 Å². The van der Waals surface area contributed by atoms with E-state index in [9.17, 15) is 0 Å². The zero-order valence-corrected chi connectivity index (χ0v) is 12.7. The summed E-state index contributed by atoms with van der Waals surface area (Å²) in [4.78, 5) is 4.56.